The van der Waals surface area contributed by atoms with Gasteiger partial charge in [-0.3, -0.25) is 4.79 Å². The maximum absolute atomic E-state index is 14.2. The van der Waals surface area contributed by atoms with Gasteiger partial charge in [-0.05, 0) is 42.0 Å². The highest BCUT2D eigenvalue weighted by molar-refractivity contribution is 7.80. The Morgan fingerprint density at radius 3 is 2.57 bits per heavy atom. The lowest BCUT2D eigenvalue weighted by Gasteiger charge is -2.11. The molecule has 0 aliphatic carbocycles. The molecule has 1 amide bonds. The number of carbonyl (C=O) groups excluding carboxylic acids is 1. The smallest absolute Gasteiger partial charge is 0.230 e. The van der Waals surface area contributed by atoms with Crippen molar-refractivity contribution in [2.45, 2.75) is 6.42 Å². The quantitative estimate of drug-likeness (QED) is 0.638. The van der Waals surface area contributed by atoms with Crippen LogP contribution in [0.4, 0.5) is 14.5 Å². The molecule has 1 heterocycles. The van der Waals surface area contributed by atoms with Crippen LogP contribution in [0.15, 0.2) is 61.1 Å². The van der Waals surface area contributed by atoms with Crippen molar-refractivity contribution in [3.8, 4) is 11.6 Å². The molecule has 2 N–H and O–H groups in total. The monoisotopic (exact) mass is 400 g/mol. The summed E-state index contributed by atoms with van der Waals surface area (Å²) in [4.78, 5) is 19.6. The molecule has 2 aromatic carbocycles. The van der Waals surface area contributed by atoms with Crippen LogP contribution in [0.25, 0.3) is 0 Å². The fraction of sp³-hybridized carbons (Fsp3) is 0.0526. The van der Waals surface area contributed by atoms with Gasteiger partial charge in [0.05, 0.1) is 6.42 Å². The Labute approximate surface area is 164 Å². The van der Waals surface area contributed by atoms with E-state index in [9.17, 15) is 13.6 Å². The van der Waals surface area contributed by atoms with Crippen LogP contribution in [0.2, 0.25) is 0 Å². The van der Waals surface area contributed by atoms with Crippen LogP contribution in [-0.4, -0.2) is 21.0 Å². The molecule has 9 heteroatoms. The fourth-order valence-electron chi connectivity index (χ4n) is 2.23. The predicted octanol–water partition coefficient (Wildman–Crippen LogP) is 3.60. The molecule has 3 rings (SSSR count). The number of hydrogen-bond acceptors (Lipinski definition) is 5. The van der Waals surface area contributed by atoms with Crippen molar-refractivity contribution in [1.82, 2.24) is 15.3 Å². The van der Waals surface area contributed by atoms with E-state index in [-0.39, 0.29) is 34.9 Å². The maximum atomic E-state index is 14.2. The summed E-state index contributed by atoms with van der Waals surface area (Å²) in [5, 5.41) is 5.21. The van der Waals surface area contributed by atoms with Gasteiger partial charge in [-0.15, -0.1) is 0 Å². The van der Waals surface area contributed by atoms with Crippen LogP contribution in [0.1, 0.15) is 5.56 Å². The van der Waals surface area contributed by atoms with Gasteiger partial charge in [-0.25, -0.2) is 18.7 Å². The number of amides is 1. The average Bonchev–Trinajstić information content (AvgIpc) is 2.66. The van der Waals surface area contributed by atoms with Gasteiger partial charge in [-0.1, -0.05) is 12.1 Å². The van der Waals surface area contributed by atoms with Gasteiger partial charge in [0.1, 0.15) is 12.1 Å². The summed E-state index contributed by atoms with van der Waals surface area (Å²) >= 11 is 5.06. The van der Waals surface area contributed by atoms with Crippen LogP contribution >= 0.6 is 12.2 Å². The summed E-state index contributed by atoms with van der Waals surface area (Å²) in [6, 6.07) is 11.2. The lowest BCUT2D eigenvalue weighted by atomic mass is 10.1. The lowest BCUT2D eigenvalue weighted by Crippen LogP contribution is -2.35. The number of nitrogens with zero attached hydrogens (tertiary/aromatic N) is 2. The second-order valence-electron chi connectivity index (χ2n) is 5.60. The fourth-order valence-corrected chi connectivity index (χ4v) is 2.47. The van der Waals surface area contributed by atoms with Gasteiger partial charge in [0.2, 0.25) is 11.8 Å². The minimum atomic E-state index is -0.635. The van der Waals surface area contributed by atoms with E-state index in [0.29, 0.717) is 11.3 Å². The first-order chi connectivity index (χ1) is 13.5. The Balaban J connectivity index is 1.55. The van der Waals surface area contributed by atoms with E-state index in [1.807, 2.05) is 0 Å². The number of hydrogen-bond donors (Lipinski definition) is 2. The SMILES string of the molecule is O=C(Cc1ccc(F)cc1)NC(=S)Nc1ccc(Oc2ccncn2)c(F)c1. The van der Waals surface area contributed by atoms with Gasteiger partial charge < -0.3 is 15.4 Å². The summed E-state index contributed by atoms with van der Waals surface area (Å²) in [6.07, 6.45) is 2.79. The van der Waals surface area contributed by atoms with Crippen molar-refractivity contribution in [2.24, 2.45) is 0 Å². The molecule has 0 radical (unpaired) electrons. The van der Waals surface area contributed by atoms with Crippen molar-refractivity contribution >= 4 is 28.9 Å². The third kappa shape index (κ3) is 5.52. The highest BCUT2D eigenvalue weighted by atomic mass is 32.1. The minimum absolute atomic E-state index is 0.0102. The molecule has 1 aromatic heterocycles. The number of ether oxygens (including phenoxy) is 1. The van der Waals surface area contributed by atoms with Crippen LogP contribution in [0.5, 0.6) is 11.6 Å². The number of aromatic nitrogens is 2. The molecule has 0 unspecified atom stereocenters. The summed E-state index contributed by atoms with van der Waals surface area (Å²) in [5.41, 5.74) is 0.971. The van der Waals surface area contributed by atoms with Crippen molar-refractivity contribution in [3.05, 3.63) is 78.3 Å². The number of thiocarbonyl (C=S) groups is 1. The number of halogens is 2. The zero-order valence-corrected chi connectivity index (χ0v) is 15.2. The first-order valence-electron chi connectivity index (χ1n) is 8.08. The summed E-state index contributed by atoms with van der Waals surface area (Å²) < 4.78 is 32.4. The molecule has 0 bridgehead atoms. The van der Waals surface area contributed by atoms with Crippen LogP contribution in [0, 0.1) is 11.6 Å². The minimum Gasteiger partial charge on any atom is -0.436 e. The lowest BCUT2D eigenvalue weighted by molar-refractivity contribution is -0.119. The number of anilines is 1. The highest BCUT2D eigenvalue weighted by Gasteiger charge is 2.10. The Bertz CT molecular complexity index is 985. The van der Waals surface area contributed by atoms with Gasteiger partial charge in [0, 0.05) is 24.0 Å². The van der Waals surface area contributed by atoms with Gasteiger partial charge in [0.25, 0.3) is 0 Å². The molecule has 6 nitrogen and oxygen atoms in total. The second-order valence-corrected chi connectivity index (χ2v) is 6.01. The van der Waals surface area contributed by atoms with Crippen molar-refractivity contribution in [1.29, 1.82) is 0 Å². The molecule has 28 heavy (non-hydrogen) atoms. The highest BCUT2D eigenvalue weighted by Crippen LogP contribution is 2.25. The Kier molecular flexibility index (Phi) is 6.18. The van der Waals surface area contributed by atoms with Crippen molar-refractivity contribution < 1.29 is 18.3 Å². The molecule has 0 atom stereocenters. The third-order valence-corrected chi connectivity index (χ3v) is 3.69. The average molecular weight is 400 g/mol. The van der Waals surface area contributed by atoms with E-state index in [1.54, 1.807) is 0 Å². The number of rotatable bonds is 5. The van der Waals surface area contributed by atoms with Crippen molar-refractivity contribution in [3.63, 3.8) is 0 Å². The molecule has 142 valence electrons. The molecular weight excluding hydrogens is 386 g/mol. The molecule has 0 aliphatic rings. The maximum Gasteiger partial charge on any atom is 0.230 e. The van der Waals surface area contributed by atoms with Gasteiger partial charge in [-0.2, -0.15) is 0 Å². The van der Waals surface area contributed by atoms with E-state index in [2.05, 4.69) is 20.6 Å². The summed E-state index contributed by atoms with van der Waals surface area (Å²) in [6.45, 7) is 0. The largest absolute Gasteiger partial charge is 0.436 e. The van der Waals surface area contributed by atoms with Gasteiger partial charge >= 0.3 is 0 Å². The number of nitrogens with one attached hydrogen (secondary N) is 2. The van der Waals surface area contributed by atoms with E-state index < -0.39 is 5.82 Å². The predicted molar refractivity (Wildman–Crippen MR) is 103 cm³/mol. The van der Waals surface area contributed by atoms with Gasteiger partial charge in [0.15, 0.2) is 16.7 Å². The number of carbonyl (C=O) groups is 1. The molecule has 0 saturated heterocycles. The molecule has 0 spiro atoms. The third-order valence-electron chi connectivity index (χ3n) is 3.49. The first kappa shape index (κ1) is 19.3. The van der Waals surface area contributed by atoms with E-state index in [1.165, 1.54) is 61.1 Å². The molecular formula is C19H14F2N4O2S. The van der Waals surface area contributed by atoms with E-state index in [0.717, 1.165) is 0 Å². The van der Waals surface area contributed by atoms with E-state index in [4.69, 9.17) is 17.0 Å². The summed E-state index contributed by atoms with van der Waals surface area (Å²) in [7, 11) is 0. The Morgan fingerprint density at radius 2 is 1.89 bits per heavy atom. The van der Waals surface area contributed by atoms with E-state index >= 15 is 0 Å². The topological polar surface area (TPSA) is 76.1 Å². The zero-order chi connectivity index (χ0) is 19.9. The Morgan fingerprint density at radius 1 is 1.11 bits per heavy atom. The first-order valence-corrected chi connectivity index (χ1v) is 8.49. The molecule has 0 saturated carbocycles. The standard InChI is InChI=1S/C19H14F2N4O2S/c20-13-3-1-12(2-4-13)9-17(26)25-19(28)24-14-5-6-16(15(21)10-14)27-18-7-8-22-11-23-18/h1-8,10-11H,9H2,(H2,24,25,26,28). The number of benzene rings is 2. The van der Waals surface area contributed by atoms with Crippen LogP contribution < -0.4 is 15.4 Å². The van der Waals surface area contributed by atoms with Crippen LogP contribution in [0.3, 0.4) is 0 Å². The molecule has 0 aliphatic heterocycles. The van der Waals surface area contributed by atoms with Crippen LogP contribution in [-0.2, 0) is 11.2 Å². The molecule has 3 aromatic rings. The molecule has 0 fully saturated rings. The zero-order valence-electron chi connectivity index (χ0n) is 14.4. The second kappa shape index (κ2) is 8.96. The summed E-state index contributed by atoms with van der Waals surface area (Å²) in [5.74, 6) is -1.21. The normalized spacial score (nSPS) is 10.2. The Hall–Kier alpha value is -3.46. The van der Waals surface area contributed by atoms with Crippen molar-refractivity contribution in [2.75, 3.05) is 5.32 Å².